The van der Waals surface area contributed by atoms with Crippen molar-refractivity contribution < 1.29 is 24.4 Å². The summed E-state index contributed by atoms with van der Waals surface area (Å²) in [5.74, 6) is 1.47. The van der Waals surface area contributed by atoms with E-state index in [1.165, 1.54) is 11.0 Å². The number of rotatable bonds is 7. The number of benzene rings is 2. The molecule has 5 rings (SSSR count). The van der Waals surface area contributed by atoms with Crippen LogP contribution in [0.4, 0.5) is 0 Å². The Balaban J connectivity index is 1.70. The topological polar surface area (TPSA) is 138 Å². The van der Waals surface area contributed by atoms with Crippen LogP contribution in [0.3, 0.4) is 0 Å². The van der Waals surface area contributed by atoms with E-state index in [4.69, 9.17) is 25.0 Å². The third kappa shape index (κ3) is 4.10. The fraction of sp³-hybridized carbons (Fsp3) is 0.320. The van der Waals surface area contributed by atoms with E-state index >= 15 is 0 Å². The van der Waals surface area contributed by atoms with Crippen LogP contribution < -0.4 is 15.2 Å². The zero-order valence-electron chi connectivity index (χ0n) is 19.4. The molecule has 10 heteroatoms. The smallest absolute Gasteiger partial charge is 0.181 e. The zero-order chi connectivity index (χ0) is 24.5. The van der Waals surface area contributed by atoms with E-state index in [1.54, 1.807) is 7.11 Å². The van der Waals surface area contributed by atoms with Crippen molar-refractivity contribution in [2.75, 3.05) is 20.3 Å². The summed E-state index contributed by atoms with van der Waals surface area (Å²) in [6.07, 6.45) is -2.59. The Kier molecular flexibility index (Phi) is 6.35. The number of hydrogen-bond donors (Lipinski definition) is 3. The Morgan fingerprint density at radius 1 is 0.943 bits per heavy atom. The fourth-order valence-corrected chi connectivity index (χ4v) is 4.32. The second-order valence-corrected chi connectivity index (χ2v) is 8.18. The Bertz CT molecular complexity index is 1310. The largest absolute Gasteiger partial charge is 0.497 e. The number of methoxy groups -OCH3 is 1. The summed E-state index contributed by atoms with van der Waals surface area (Å²) in [4.78, 5) is 9.06. The van der Waals surface area contributed by atoms with Crippen molar-refractivity contribution in [2.24, 2.45) is 5.73 Å². The molecule has 2 aromatic carbocycles. The van der Waals surface area contributed by atoms with Gasteiger partial charge in [0.2, 0.25) is 0 Å². The number of hydrogen-bond acceptors (Lipinski definition) is 9. The predicted molar refractivity (Wildman–Crippen MR) is 129 cm³/mol. The first kappa shape index (κ1) is 23.2. The van der Waals surface area contributed by atoms with E-state index in [0.717, 1.165) is 16.9 Å². The number of fused-ring (bicyclic) bond motifs is 1. The van der Waals surface area contributed by atoms with Gasteiger partial charge in [0.05, 0.1) is 24.8 Å². The van der Waals surface area contributed by atoms with E-state index in [1.807, 2.05) is 55.5 Å². The number of aliphatic hydroxyl groups excluding tert-OH is 2. The van der Waals surface area contributed by atoms with Gasteiger partial charge in [0.1, 0.15) is 41.8 Å². The summed E-state index contributed by atoms with van der Waals surface area (Å²) in [5, 5.41) is 26.6. The van der Waals surface area contributed by atoms with Crippen molar-refractivity contribution in [2.45, 2.75) is 31.5 Å². The summed E-state index contributed by atoms with van der Waals surface area (Å²) in [6, 6.07) is 15.1. The van der Waals surface area contributed by atoms with Gasteiger partial charge in [-0.15, -0.1) is 0 Å². The highest BCUT2D eigenvalue weighted by Gasteiger charge is 2.44. The molecule has 1 saturated heterocycles. The molecule has 10 nitrogen and oxygen atoms in total. The first-order chi connectivity index (χ1) is 17.0. The third-order valence-electron chi connectivity index (χ3n) is 6.10. The molecule has 0 aliphatic carbocycles. The van der Waals surface area contributed by atoms with Crippen molar-refractivity contribution in [3.8, 4) is 34.0 Å². The normalized spacial score (nSPS) is 22.0. The summed E-state index contributed by atoms with van der Waals surface area (Å²) in [6.45, 7) is 2.57. The van der Waals surface area contributed by atoms with E-state index in [-0.39, 0.29) is 6.54 Å². The molecule has 1 fully saturated rings. The minimum Gasteiger partial charge on any atom is -0.497 e. The molecule has 0 bridgehead atoms. The predicted octanol–water partition coefficient (Wildman–Crippen LogP) is 2.15. The molecule has 0 amide bonds. The highest BCUT2D eigenvalue weighted by molar-refractivity contribution is 6.01. The Hall–Kier alpha value is -3.57. The van der Waals surface area contributed by atoms with Crippen LogP contribution >= 0.6 is 0 Å². The molecule has 4 N–H and O–H groups in total. The van der Waals surface area contributed by atoms with Crippen LogP contribution in [0.1, 0.15) is 13.2 Å². The molecule has 182 valence electrons. The molecule has 0 unspecified atom stereocenters. The number of nitrogens with two attached hydrogens (primary N) is 1. The Morgan fingerprint density at radius 3 is 2.20 bits per heavy atom. The number of ether oxygens (including phenoxy) is 3. The minimum absolute atomic E-state index is 0.0612. The van der Waals surface area contributed by atoms with Crippen LogP contribution in [0.5, 0.6) is 11.5 Å². The first-order valence-corrected chi connectivity index (χ1v) is 11.4. The van der Waals surface area contributed by atoms with Crippen LogP contribution in [0.25, 0.3) is 33.5 Å². The Morgan fingerprint density at radius 2 is 1.60 bits per heavy atom. The number of aliphatic hydroxyl groups is 2. The van der Waals surface area contributed by atoms with Gasteiger partial charge in [-0.1, -0.05) is 0 Å². The van der Waals surface area contributed by atoms with Crippen molar-refractivity contribution in [1.29, 1.82) is 0 Å². The lowest BCUT2D eigenvalue weighted by atomic mass is 10.0. The van der Waals surface area contributed by atoms with Gasteiger partial charge in [0.15, 0.2) is 11.9 Å². The van der Waals surface area contributed by atoms with Crippen molar-refractivity contribution in [3.63, 3.8) is 0 Å². The first-order valence-electron chi connectivity index (χ1n) is 11.4. The van der Waals surface area contributed by atoms with Gasteiger partial charge in [-0.05, 0) is 55.5 Å². The molecule has 1 aliphatic rings. The quantitative estimate of drug-likeness (QED) is 0.365. The van der Waals surface area contributed by atoms with E-state index in [2.05, 4.69) is 9.97 Å². The van der Waals surface area contributed by atoms with Crippen LogP contribution in [0.2, 0.25) is 0 Å². The van der Waals surface area contributed by atoms with Gasteiger partial charge in [0, 0.05) is 17.7 Å². The standard InChI is InChI=1S/C25H27N5O5/c1-3-34-17-10-6-14(7-11-17)20-19-21(15-4-8-16(33-2)9-5-15)29-30(24(19)28-13-27-20)25-23(32)22(31)18(12-26)35-25/h4-11,13,18,22-23,25,31-32H,3,12,26H2,1-2H3/t18-,22-,23-,25-/m1/s1. The second kappa shape index (κ2) is 9.59. The van der Waals surface area contributed by atoms with Gasteiger partial charge in [-0.2, -0.15) is 5.10 Å². The summed E-state index contributed by atoms with van der Waals surface area (Å²) in [5.41, 5.74) is 9.11. The lowest BCUT2D eigenvalue weighted by Gasteiger charge is -2.15. The maximum atomic E-state index is 10.7. The minimum atomic E-state index is -1.22. The molecule has 3 heterocycles. The lowest BCUT2D eigenvalue weighted by molar-refractivity contribution is -0.0391. The summed E-state index contributed by atoms with van der Waals surface area (Å²) in [7, 11) is 1.61. The third-order valence-corrected chi connectivity index (χ3v) is 6.10. The molecule has 0 saturated carbocycles. The van der Waals surface area contributed by atoms with Gasteiger partial charge < -0.3 is 30.2 Å². The summed E-state index contributed by atoms with van der Waals surface area (Å²) >= 11 is 0. The lowest BCUT2D eigenvalue weighted by Crippen LogP contribution is -2.35. The molecular formula is C25H27N5O5. The molecular weight excluding hydrogens is 450 g/mol. The molecule has 0 radical (unpaired) electrons. The molecule has 4 aromatic rings. The van der Waals surface area contributed by atoms with Gasteiger partial charge >= 0.3 is 0 Å². The van der Waals surface area contributed by atoms with Crippen LogP contribution in [-0.4, -0.2) is 68.5 Å². The monoisotopic (exact) mass is 477 g/mol. The van der Waals surface area contributed by atoms with Gasteiger partial charge in [-0.25, -0.2) is 14.6 Å². The highest BCUT2D eigenvalue weighted by Crippen LogP contribution is 2.38. The number of aromatic nitrogens is 4. The van der Waals surface area contributed by atoms with E-state index < -0.39 is 24.5 Å². The average molecular weight is 478 g/mol. The maximum absolute atomic E-state index is 10.7. The SMILES string of the molecule is CCOc1ccc(-c2ncnc3c2c(-c2ccc(OC)cc2)nn3[C@@H]2O[C@H](CN)[C@@H](O)[C@H]2O)cc1. The van der Waals surface area contributed by atoms with Gasteiger partial charge in [-0.3, -0.25) is 0 Å². The fourth-order valence-electron chi connectivity index (χ4n) is 4.32. The molecule has 1 aliphatic heterocycles. The van der Waals surface area contributed by atoms with Gasteiger partial charge in [0.25, 0.3) is 0 Å². The molecule has 35 heavy (non-hydrogen) atoms. The highest BCUT2D eigenvalue weighted by atomic mass is 16.6. The Labute approximate surface area is 201 Å². The average Bonchev–Trinajstić information content (AvgIpc) is 3.42. The van der Waals surface area contributed by atoms with E-state index in [0.29, 0.717) is 34.8 Å². The second-order valence-electron chi connectivity index (χ2n) is 8.18. The molecule has 0 spiro atoms. The van der Waals surface area contributed by atoms with Crippen molar-refractivity contribution in [3.05, 3.63) is 54.9 Å². The molecule has 4 atom stereocenters. The summed E-state index contributed by atoms with van der Waals surface area (Å²) < 4.78 is 18.3. The van der Waals surface area contributed by atoms with Crippen LogP contribution in [0, 0.1) is 0 Å². The maximum Gasteiger partial charge on any atom is 0.181 e. The van der Waals surface area contributed by atoms with E-state index in [9.17, 15) is 10.2 Å². The van der Waals surface area contributed by atoms with Crippen molar-refractivity contribution in [1.82, 2.24) is 19.7 Å². The molecule has 2 aromatic heterocycles. The van der Waals surface area contributed by atoms with Crippen LogP contribution in [0.15, 0.2) is 54.9 Å². The number of nitrogens with zero attached hydrogens (tertiary/aromatic N) is 4. The van der Waals surface area contributed by atoms with Crippen LogP contribution in [-0.2, 0) is 4.74 Å². The van der Waals surface area contributed by atoms with Crippen molar-refractivity contribution >= 4 is 11.0 Å². The zero-order valence-corrected chi connectivity index (χ0v) is 19.4.